The molecule has 1 amide bonds. The molecule has 0 radical (unpaired) electrons. The molecule has 33 heavy (non-hydrogen) atoms. The lowest BCUT2D eigenvalue weighted by molar-refractivity contribution is -0.121. The van der Waals surface area contributed by atoms with Crippen LogP contribution in [0.5, 0.6) is 5.75 Å². The minimum atomic E-state index is -0.286. The van der Waals surface area contributed by atoms with Gasteiger partial charge in [-0.3, -0.25) is 9.59 Å². The molecule has 0 saturated carbocycles. The van der Waals surface area contributed by atoms with Gasteiger partial charge < -0.3 is 15.0 Å². The molecule has 0 fully saturated rings. The van der Waals surface area contributed by atoms with E-state index < -0.39 is 0 Å². The number of rotatable bonds is 8. The molecule has 2 heterocycles. The van der Waals surface area contributed by atoms with Crippen molar-refractivity contribution in [3.8, 4) is 5.75 Å². The number of aromatic amines is 1. The molecule has 2 N–H and O–H groups in total. The molecule has 1 atom stereocenters. The number of nitrogens with one attached hydrogen (secondary N) is 2. The summed E-state index contributed by atoms with van der Waals surface area (Å²) < 4.78 is 5.54. The van der Waals surface area contributed by atoms with Crippen molar-refractivity contribution >= 4 is 27.5 Å². The van der Waals surface area contributed by atoms with E-state index in [9.17, 15) is 9.59 Å². The molecule has 0 aliphatic carbocycles. The molecule has 0 aliphatic heterocycles. The predicted octanol–water partition coefficient (Wildman–Crippen LogP) is 4.84. The van der Waals surface area contributed by atoms with Crippen LogP contribution in [0, 0.1) is 13.8 Å². The Labute approximate surface area is 196 Å². The zero-order valence-electron chi connectivity index (χ0n) is 19.0. The van der Waals surface area contributed by atoms with Gasteiger partial charge in [0.25, 0.3) is 5.56 Å². The lowest BCUT2D eigenvalue weighted by Crippen LogP contribution is -2.29. The van der Waals surface area contributed by atoms with Crippen LogP contribution >= 0.6 is 11.3 Å². The second kappa shape index (κ2) is 10.0. The quantitative estimate of drug-likeness (QED) is 0.393. The maximum absolute atomic E-state index is 12.9. The number of hydrogen-bond donors (Lipinski definition) is 2. The highest BCUT2D eigenvalue weighted by Gasteiger charge is 2.18. The van der Waals surface area contributed by atoms with Crippen LogP contribution in [0.2, 0.25) is 0 Å². The van der Waals surface area contributed by atoms with E-state index >= 15 is 0 Å². The maximum Gasteiger partial charge on any atom is 0.259 e. The summed E-state index contributed by atoms with van der Waals surface area (Å²) in [5, 5.41) is 3.78. The van der Waals surface area contributed by atoms with Crippen LogP contribution < -0.4 is 15.6 Å². The van der Waals surface area contributed by atoms with Crippen molar-refractivity contribution in [3.05, 3.63) is 92.3 Å². The fourth-order valence-corrected chi connectivity index (χ4v) is 4.86. The molecule has 4 aromatic rings. The highest BCUT2D eigenvalue weighted by molar-refractivity contribution is 7.18. The van der Waals surface area contributed by atoms with Crippen molar-refractivity contribution in [1.29, 1.82) is 0 Å². The molecular formula is C26H27N3O3S. The summed E-state index contributed by atoms with van der Waals surface area (Å²) in [7, 11) is 0. The van der Waals surface area contributed by atoms with Gasteiger partial charge in [0.1, 0.15) is 16.4 Å². The second-order valence-corrected chi connectivity index (χ2v) is 9.09. The Balaban J connectivity index is 1.50. The minimum Gasteiger partial charge on any atom is -0.494 e. The van der Waals surface area contributed by atoms with E-state index in [1.807, 2.05) is 75.4 Å². The number of nitrogens with zero attached hydrogens (tertiary/aromatic N) is 1. The first-order chi connectivity index (χ1) is 16.0. The molecule has 170 valence electrons. The number of hydrogen-bond acceptors (Lipinski definition) is 5. The van der Waals surface area contributed by atoms with Crippen molar-refractivity contribution in [2.45, 2.75) is 39.7 Å². The standard InChI is InChI=1S/C26H27N3O3S/c1-4-32-20-12-10-19(11-13-20)24(18-8-6-5-7-9-18)29-22(30)15-14-21-27-25(31)23-16(2)17(3)33-26(23)28-21/h5-13,24H,4,14-15H2,1-3H3,(H,29,30)(H,27,28,31). The molecule has 0 bridgehead atoms. The number of amides is 1. The normalized spacial score (nSPS) is 12.0. The van der Waals surface area contributed by atoms with Crippen molar-refractivity contribution in [2.75, 3.05) is 6.61 Å². The summed E-state index contributed by atoms with van der Waals surface area (Å²) in [4.78, 5) is 34.6. The lowest BCUT2D eigenvalue weighted by atomic mass is 9.98. The Morgan fingerprint density at radius 3 is 2.48 bits per heavy atom. The fraction of sp³-hybridized carbons (Fsp3) is 0.269. The molecule has 6 nitrogen and oxygen atoms in total. The van der Waals surface area contributed by atoms with Crippen LogP contribution in [-0.4, -0.2) is 22.5 Å². The van der Waals surface area contributed by atoms with E-state index in [2.05, 4.69) is 15.3 Å². The van der Waals surface area contributed by atoms with Gasteiger partial charge >= 0.3 is 0 Å². The van der Waals surface area contributed by atoms with Gasteiger partial charge in [-0.25, -0.2) is 4.98 Å². The number of ether oxygens (including phenoxy) is 1. The monoisotopic (exact) mass is 461 g/mol. The Morgan fingerprint density at radius 2 is 1.79 bits per heavy atom. The number of H-pyrrole nitrogens is 1. The fourth-order valence-electron chi connectivity index (χ4n) is 3.81. The average molecular weight is 462 g/mol. The highest BCUT2D eigenvalue weighted by Crippen LogP contribution is 2.26. The predicted molar refractivity (Wildman–Crippen MR) is 132 cm³/mol. The summed E-state index contributed by atoms with van der Waals surface area (Å²) in [5.41, 5.74) is 2.78. The smallest absolute Gasteiger partial charge is 0.259 e. The summed E-state index contributed by atoms with van der Waals surface area (Å²) >= 11 is 1.51. The van der Waals surface area contributed by atoms with Crippen LogP contribution in [0.25, 0.3) is 10.2 Å². The molecular weight excluding hydrogens is 434 g/mol. The van der Waals surface area contributed by atoms with Gasteiger partial charge in [-0.1, -0.05) is 42.5 Å². The van der Waals surface area contributed by atoms with Crippen molar-refractivity contribution < 1.29 is 9.53 Å². The molecule has 1 unspecified atom stereocenters. The van der Waals surface area contributed by atoms with E-state index in [0.717, 1.165) is 32.1 Å². The molecule has 7 heteroatoms. The topological polar surface area (TPSA) is 84.1 Å². The van der Waals surface area contributed by atoms with Crippen molar-refractivity contribution in [1.82, 2.24) is 15.3 Å². The van der Waals surface area contributed by atoms with Crippen molar-refractivity contribution in [3.63, 3.8) is 0 Å². The Kier molecular flexibility index (Phi) is 6.89. The van der Waals surface area contributed by atoms with Gasteiger partial charge in [0, 0.05) is 17.7 Å². The van der Waals surface area contributed by atoms with E-state index in [-0.39, 0.29) is 23.9 Å². The number of aromatic nitrogens is 2. The maximum atomic E-state index is 12.9. The van der Waals surface area contributed by atoms with Gasteiger partial charge in [0.05, 0.1) is 18.0 Å². The van der Waals surface area contributed by atoms with Crippen molar-refractivity contribution in [2.24, 2.45) is 0 Å². The number of thiophene rings is 1. The van der Waals surface area contributed by atoms with Gasteiger partial charge in [-0.15, -0.1) is 11.3 Å². The summed E-state index contributed by atoms with van der Waals surface area (Å²) in [5.74, 6) is 1.21. The summed E-state index contributed by atoms with van der Waals surface area (Å²) in [6.45, 7) is 6.47. The number of fused-ring (bicyclic) bond motifs is 1. The van der Waals surface area contributed by atoms with Gasteiger partial charge in [0.15, 0.2) is 0 Å². The average Bonchev–Trinajstić information content (AvgIpc) is 3.11. The number of carbonyl (C=O) groups is 1. The van der Waals surface area contributed by atoms with Crippen LogP contribution in [0.3, 0.4) is 0 Å². The largest absolute Gasteiger partial charge is 0.494 e. The van der Waals surface area contributed by atoms with E-state index in [1.165, 1.54) is 11.3 Å². The lowest BCUT2D eigenvalue weighted by Gasteiger charge is -2.20. The molecule has 0 saturated heterocycles. The number of carbonyl (C=O) groups excluding carboxylic acids is 1. The SMILES string of the molecule is CCOc1ccc(C(NC(=O)CCc2nc3sc(C)c(C)c3c(=O)[nH]2)c2ccccc2)cc1. The second-order valence-electron chi connectivity index (χ2n) is 7.89. The highest BCUT2D eigenvalue weighted by atomic mass is 32.1. The molecule has 0 aliphatic rings. The summed E-state index contributed by atoms with van der Waals surface area (Å²) in [6, 6.07) is 17.3. The van der Waals surface area contributed by atoms with Crippen LogP contribution in [0.4, 0.5) is 0 Å². The molecule has 2 aromatic heterocycles. The third kappa shape index (κ3) is 5.14. The Hall–Kier alpha value is -3.45. The third-order valence-corrected chi connectivity index (χ3v) is 6.74. The Bertz CT molecular complexity index is 1310. The number of benzene rings is 2. The van der Waals surface area contributed by atoms with Crippen LogP contribution in [0.15, 0.2) is 59.4 Å². The van der Waals surface area contributed by atoms with E-state index in [4.69, 9.17) is 4.74 Å². The first-order valence-electron chi connectivity index (χ1n) is 11.0. The van der Waals surface area contributed by atoms with E-state index in [1.54, 1.807) is 0 Å². The van der Waals surface area contributed by atoms with Crippen LogP contribution in [0.1, 0.15) is 46.8 Å². The summed E-state index contributed by atoms with van der Waals surface area (Å²) in [6.07, 6.45) is 0.579. The van der Waals surface area contributed by atoms with Gasteiger partial charge in [0.2, 0.25) is 5.91 Å². The van der Waals surface area contributed by atoms with Gasteiger partial charge in [-0.05, 0) is 49.6 Å². The van der Waals surface area contributed by atoms with Gasteiger partial charge in [-0.2, -0.15) is 0 Å². The number of aryl methyl sites for hydroxylation is 3. The first kappa shape index (κ1) is 22.7. The molecule has 2 aromatic carbocycles. The minimum absolute atomic E-state index is 0.112. The zero-order chi connectivity index (χ0) is 23.4. The molecule has 4 rings (SSSR count). The van der Waals surface area contributed by atoms with E-state index in [0.29, 0.717) is 24.2 Å². The first-order valence-corrected chi connectivity index (χ1v) is 11.8. The third-order valence-electron chi connectivity index (χ3n) is 5.64. The molecule has 0 spiro atoms. The zero-order valence-corrected chi connectivity index (χ0v) is 19.8. The van der Waals surface area contributed by atoms with Crippen LogP contribution in [-0.2, 0) is 11.2 Å². The Morgan fingerprint density at radius 1 is 1.09 bits per heavy atom.